The third kappa shape index (κ3) is 3.61. The lowest BCUT2D eigenvalue weighted by atomic mass is 10.1. The molecule has 0 atom stereocenters. The maximum absolute atomic E-state index is 10.9. The molecule has 0 spiro atoms. The van der Waals surface area contributed by atoms with Gasteiger partial charge in [0.05, 0.1) is 16.8 Å². The van der Waals surface area contributed by atoms with Crippen molar-refractivity contribution >= 4 is 29.2 Å². The molecule has 0 aliphatic heterocycles. The van der Waals surface area contributed by atoms with Gasteiger partial charge in [-0.25, -0.2) is 0 Å². The number of anilines is 1. The predicted molar refractivity (Wildman–Crippen MR) is 93.5 cm³/mol. The van der Waals surface area contributed by atoms with Gasteiger partial charge < -0.3 is 4.42 Å². The van der Waals surface area contributed by atoms with E-state index in [1.54, 1.807) is 18.2 Å². The fourth-order valence-corrected chi connectivity index (χ4v) is 2.25. The smallest absolute Gasteiger partial charge is 0.288 e. The highest BCUT2D eigenvalue weighted by Crippen LogP contribution is 2.30. The molecule has 7 heteroatoms. The molecule has 1 aromatic heterocycles. The zero-order chi connectivity index (χ0) is 16.9. The van der Waals surface area contributed by atoms with Crippen molar-refractivity contribution in [2.75, 3.05) is 5.43 Å². The van der Waals surface area contributed by atoms with Crippen molar-refractivity contribution in [3.63, 3.8) is 0 Å². The maximum Gasteiger partial charge on any atom is 0.288 e. The summed E-state index contributed by atoms with van der Waals surface area (Å²) in [5, 5.41) is 15.1. The lowest BCUT2D eigenvalue weighted by Crippen LogP contribution is -1.89. The van der Waals surface area contributed by atoms with Crippen LogP contribution in [0.4, 0.5) is 11.4 Å². The second-order valence-corrected chi connectivity index (χ2v) is 5.27. The van der Waals surface area contributed by atoms with E-state index in [1.807, 2.05) is 30.3 Å². The van der Waals surface area contributed by atoms with E-state index in [1.165, 1.54) is 18.3 Å². The second kappa shape index (κ2) is 6.97. The third-order valence-electron chi connectivity index (χ3n) is 3.21. The molecule has 0 amide bonds. The van der Waals surface area contributed by atoms with Crippen LogP contribution in [-0.2, 0) is 0 Å². The summed E-state index contributed by atoms with van der Waals surface area (Å²) < 4.78 is 5.63. The number of rotatable bonds is 5. The Morgan fingerprint density at radius 1 is 1.12 bits per heavy atom. The second-order valence-electron chi connectivity index (χ2n) is 4.86. The number of hydrogen-bond acceptors (Lipinski definition) is 5. The number of nitro groups is 1. The minimum absolute atomic E-state index is 0.0872. The Labute approximate surface area is 142 Å². The van der Waals surface area contributed by atoms with Crippen LogP contribution in [0.3, 0.4) is 0 Å². The highest BCUT2D eigenvalue weighted by Gasteiger charge is 2.15. The molecule has 0 saturated heterocycles. The Bertz CT molecular complexity index is 891. The lowest BCUT2D eigenvalue weighted by Gasteiger charge is -1.99. The number of hydrogen-bond donors (Lipinski definition) is 1. The lowest BCUT2D eigenvalue weighted by molar-refractivity contribution is -0.384. The molecular weight excluding hydrogens is 330 g/mol. The van der Waals surface area contributed by atoms with Crippen LogP contribution >= 0.6 is 11.6 Å². The van der Waals surface area contributed by atoms with Crippen molar-refractivity contribution < 1.29 is 9.34 Å². The molecule has 0 radical (unpaired) electrons. The maximum atomic E-state index is 10.9. The van der Waals surface area contributed by atoms with Crippen LogP contribution in [0.15, 0.2) is 70.2 Å². The molecule has 24 heavy (non-hydrogen) atoms. The average Bonchev–Trinajstić information content (AvgIpc) is 3.05. The summed E-state index contributed by atoms with van der Waals surface area (Å²) in [6.45, 7) is 0. The van der Waals surface area contributed by atoms with Gasteiger partial charge in [-0.05, 0) is 36.4 Å². The van der Waals surface area contributed by atoms with Crippen LogP contribution in [0.2, 0.25) is 5.02 Å². The summed E-state index contributed by atoms with van der Waals surface area (Å²) in [5.41, 5.74) is 4.14. The Balaban J connectivity index is 1.76. The van der Waals surface area contributed by atoms with Crippen LogP contribution in [0.5, 0.6) is 0 Å². The van der Waals surface area contributed by atoms with Crippen molar-refractivity contribution in [3.8, 4) is 11.3 Å². The van der Waals surface area contributed by atoms with Crippen LogP contribution in [-0.4, -0.2) is 11.1 Å². The summed E-state index contributed by atoms with van der Waals surface area (Å²) in [6, 6.07) is 17.5. The van der Waals surface area contributed by atoms with Gasteiger partial charge in [-0.3, -0.25) is 15.5 Å². The van der Waals surface area contributed by atoms with Gasteiger partial charge in [0.25, 0.3) is 5.69 Å². The summed E-state index contributed by atoms with van der Waals surface area (Å²) >= 11 is 5.81. The summed E-state index contributed by atoms with van der Waals surface area (Å²) in [6.07, 6.45) is 1.53. The van der Waals surface area contributed by atoms with Gasteiger partial charge in [-0.15, -0.1) is 0 Å². The van der Waals surface area contributed by atoms with Crippen LogP contribution in [0.25, 0.3) is 11.3 Å². The van der Waals surface area contributed by atoms with Crippen LogP contribution < -0.4 is 5.43 Å². The molecule has 3 aromatic rings. The van der Waals surface area contributed by atoms with E-state index >= 15 is 0 Å². The minimum atomic E-state index is -0.527. The van der Waals surface area contributed by atoms with E-state index in [9.17, 15) is 10.1 Å². The van der Waals surface area contributed by atoms with Gasteiger partial charge in [-0.1, -0.05) is 29.8 Å². The van der Waals surface area contributed by atoms with E-state index in [4.69, 9.17) is 16.0 Å². The molecule has 1 N–H and O–H groups in total. The van der Waals surface area contributed by atoms with Gasteiger partial charge in [0, 0.05) is 11.6 Å². The number of hydrazone groups is 1. The van der Waals surface area contributed by atoms with Gasteiger partial charge in [0.2, 0.25) is 0 Å². The zero-order valence-electron chi connectivity index (χ0n) is 12.3. The quantitative estimate of drug-likeness (QED) is 0.404. The first-order valence-corrected chi connectivity index (χ1v) is 7.39. The fraction of sp³-hybridized carbons (Fsp3) is 0. The molecule has 1 heterocycles. The Hall–Kier alpha value is -3.12. The zero-order valence-corrected chi connectivity index (χ0v) is 13.1. The standard InChI is InChI=1S/C17H12ClN3O3/c18-15-8-6-12(10-16(15)21(22)23)17-9-7-14(24-17)11-19-20-13-4-2-1-3-5-13/h1-11,20H/b19-11+. The fourth-order valence-electron chi connectivity index (χ4n) is 2.07. The molecule has 0 unspecified atom stereocenters. The highest BCUT2D eigenvalue weighted by atomic mass is 35.5. The molecule has 0 aliphatic rings. The number of nitro benzene ring substituents is 1. The Kier molecular flexibility index (Phi) is 4.58. The molecule has 2 aromatic carbocycles. The molecule has 0 fully saturated rings. The van der Waals surface area contributed by atoms with E-state index in [2.05, 4.69) is 10.5 Å². The van der Waals surface area contributed by atoms with Crippen molar-refractivity contribution in [3.05, 3.63) is 81.6 Å². The van der Waals surface area contributed by atoms with E-state index in [0.29, 0.717) is 17.1 Å². The largest absolute Gasteiger partial charge is 0.455 e. The van der Waals surface area contributed by atoms with Crippen molar-refractivity contribution in [2.45, 2.75) is 0 Å². The van der Waals surface area contributed by atoms with Gasteiger partial charge in [0.1, 0.15) is 16.5 Å². The first-order chi connectivity index (χ1) is 11.6. The Morgan fingerprint density at radius 3 is 2.67 bits per heavy atom. The van der Waals surface area contributed by atoms with E-state index < -0.39 is 4.92 Å². The Morgan fingerprint density at radius 2 is 1.92 bits per heavy atom. The van der Waals surface area contributed by atoms with Crippen molar-refractivity contribution in [1.82, 2.24) is 0 Å². The third-order valence-corrected chi connectivity index (χ3v) is 3.53. The summed E-state index contributed by atoms with van der Waals surface area (Å²) in [7, 11) is 0. The van der Waals surface area contributed by atoms with E-state index in [-0.39, 0.29) is 10.7 Å². The first-order valence-electron chi connectivity index (χ1n) is 7.02. The van der Waals surface area contributed by atoms with Gasteiger partial charge in [-0.2, -0.15) is 5.10 Å². The van der Waals surface area contributed by atoms with Crippen LogP contribution in [0.1, 0.15) is 5.76 Å². The molecule has 6 nitrogen and oxygen atoms in total. The first kappa shape index (κ1) is 15.8. The minimum Gasteiger partial charge on any atom is -0.455 e. The number of nitrogens with zero attached hydrogens (tertiary/aromatic N) is 2. The topological polar surface area (TPSA) is 80.7 Å². The normalized spacial score (nSPS) is 10.9. The summed E-state index contributed by atoms with van der Waals surface area (Å²) in [4.78, 5) is 10.4. The molecular formula is C17H12ClN3O3. The van der Waals surface area contributed by atoms with Crippen molar-refractivity contribution in [2.24, 2.45) is 5.10 Å². The number of halogens is 1. The van der Waals surface area contributed by atoms with Gasteiger partial charge in [0.15, 0.2) is 0 Å². The molecule has 0 bridgehead atoms. The predicted octanol–water partition coefficient (Wildman–Crippen LogP) is 4.95. The monoisotopic (exact) mass is 341 g/mol. The van der Waals surface area contributed by atoms with E-state index in [0.717, 1.165) is 5.69 Å². The number of para-hydroxylation sites is 1. The summed E-state index contributed by atoms with van der Waals surface area (Å²) in [5.74, 6) is 1.02. The highest BCUT2D eigenvalue weighted by molar-refractivity contribution is 6.32. The SMILES string of the molecule is O=[N+]([O-])c1cc(-c2ccc(/C=N/Nc3ccccc3)o2)ccc1Cl. The van der Waals surface area contributed by atoms with Gasteiger partial charge >= 0.3 is 0 Å². The number of furan rings is 1. The molecule has 3 rings (SSSR count). The molecule has 0 aliphatic carbocycles. The average molecular weight is 342 g/mol. The number of benzene rings is 2. The number of nitrogens with one attached hydrogen (secondary N) is 1. The van der Waals surface area contributed by atoms with Crippen molar-refractivity contribution in [1.29, 1.82) is 0 Å². The van der Waals surface area contributed by atoms with Crippen LogP contribution in [0, 0.1) is 10.1 Å². The molecule has 120 valence electrons. The molecule has 0 saturated carbocycles.